The Morgan fingerprint density at radius 1 is 1.18 bits per heavy atom. The van der Waals surface area contributed by atoms with E-state index in [1.54, 1.807) is 12.4 Å². The molecular weight excluding hydrogens is 276 g/mol. The van der Waals surface area contributed by atoms with Crippen molar-refractivity contribution in [2.75, 3.05) is 11.9 Å². The molecule has 1 aliphatic rings. The summed E-state index contributed by atoms with van der Waals surface area (Å²) in [6.45, 7) is 5.43. The first-order valence-corrected chi connectivity index (χ1v) is 7.58. The van der Waals surface area contributed by atoms with Crippen molar-refractivity contribution in [3.05, 3.63) is 53.5 Å². The maximum atomic E-state index is 12.5. The first-order valence-electron chi connectivity index (χ1n) is 7.58. The zero-order valence-electron chi connectivity index (χ0n) is 12.9. The molecule has 0 fully saturated rings. The molecular formula is C17H20N4O. The van der Waals surface area contributed by atoms with Crippen molar-refractivity contribution < 1.29 is 4.79 Å². The molecule has 0 aliphatic carbocycles. The molecule has 5 nitrogen and oxygen atoms in total. The normalized spacial score (nSPS) is 13.9. The third-order valence-electron chi connectivity index (χ3n) is 3.73. The second kappa shape index (κ2) is 6.13. The monoisotopic (exact) mass is 296 g/mol. The van der Waals surface area contributed by atoms with Gasteiger partial charge in [0.1, 0.15) is 11.5 Å². The third-order valence-corrected chi connectivity index (χ3v) is 3.73. The summed E-state index contributed by atoms with van der Waals surface area (Å²) >= 11 is 0. The lowest BCUT2D eigenvalue weighted by Crippen LogP contribution is -2.36. The van der Waals surface area contributed by atoms with Gasteiger partial charge in [-0.1, -0.05) is 24.3 Å². The topological polar surface area (TPSA) is 58.1 Å². The number of nitrogens with zero attached hydrogens (tertiary/aromatic N) is 3. The van der Waals surface area contributed by atoms with Gasteiger partial charge in [-0.15, -0.1) is 0 Å². The van der Waals surface area contributed by atoms with Gasteiger partial charge in [-0.2, -0.15) is 0 Å². The molecule has 2 heterocycles. The minimum atomic E-state index is -0.0573. The van der Waals surface area contributed by atoms with Crippen LogP contribution in [0.1, 0.15) is 35.5 Å². The number of fused-ring (bicyclic) bond motifs is 1. The number of hydrogen-bond acceptors (Lipinski definition) is 4. The third kappa shape index (κ3) is 3.08. The fourth-order valence-electron chi connectivity index (χ4n) is 2.64. The SMILES string of the molecule is CC(C)Nc1cnc(C(=O)N2CCc3ccccc3C2)cn1. The molecule has 0 spiro atoms. The first kappa shape index (κ1) is 14.5. The van der Waals surface area contributed by atoms with Gasteiger partial charge >= 0.3 is 0 Å². The van der Waals surface area contributed by atoms with Crippen LogP contribution in [-0.4, -0.2) is 33.4 Å². The fraction of sp³-hybridized carbons (Fsp3) is 0.353. The highest BCUT2D eigenvalue weighted by Crippen LogP contribution is 2.19. The zero-order valence-corrected chi connectivity index (χ0v) is 12.9. The summed E-state index contributed by atoms with van der Waals surface area (Å²) in [5, 5.41) is 3.16. The van der Waals surface area contributed by atoms with E-state index in [4.69, 9.17) is 0 Å². The van der Waals surface area contributed by atoms with Gasteiger partial charge in [-0.05, 0) is 31.4 Å². The van der Waals surface area contributed by atoms with Crippen LogP contribution < -0.4 is 5.32 Å². The minimum Gasteiger partial charge on any atom is -0.367 e. The van der Waals surface area contributed by atoms with Crippen LogP contribution in [0.25, 0.3) is 0 Å². The number of benzene rings is 1. The van der Waals surface area contributed by atoms with Crippen LogP contribution in [0, 0.1) is 0 Å². The number of anilines is 1. The van der Waals surface area contributed by atoms with Gasteiger partial charge in [-0.25, -0.2) is 9.97 Å². The highest BCUT2D eigenvalue weighted by molar-refractivity contribution is 5.92. The zero-order chi connectivity index (χ0) is 15.5. The highest BCUT2D eigenvalue weighted by atomic mass is 16.2. The van der Waals surface area contributed by atoms with Crippen molar-refractivity contribution in [1.29, 1.82) is 0 Å². The Morgan fingerprint density at radius 3 is 2.64 bits per heavy atom. The Balaban J connectivity index is 1.72. The van der Waals surface area contributed by atoms with Gasteiger partial charge in [0.05, 0.1) is 12.4 Å². The van der Waals surface area contributed by atoms with Crippen LogP contribution in [0.3, 0.4) is 0 Å². The molecule has 1 aliphatic heterocycles. The predicted octanol–water partition coefficient (Wildman–Crippen LogP) is 2.50. The van der Waals surface area contributed by atoms with Crippen molar-refractivity contribution in [1.82, 2.24) is 14.9 Å². The summed E-state index contributed by atoms with van der Waals surface area (Å²) in [5.74, 6) is 0.633. The Hall–Kier alpha value is -2.43. The summed E-state index contributed by atoms with van der Waals surface area (Å²) in [5.41, 5.74) is 2.94. The quantitative estimate of drug-likeness (QED) is 0.945. The summed E-state index contributed by atoms with van der Waals surface area (Å²) in [6.07, 6.45) is 4.06. The van der Waals surface area contributed by atoms with E-state index in [2.05, 4.69) is 27.4 Å². The van der Waals surface area contributed by atoms with Crippen LogP contribution in [0.5, 0.6) is 0 Å². The number of rotatable bonds is 3. The molecule has 22 heavy (non-hydrogen) atoms. The number of hydrogen-bond donors (Lipinski definition) is 1. The number of carbonyl (C=O) groups is 1. The molecule has 0 saturated heterocycles. The molecule has 1 N–H and O–H groups in total. The Bertz CT molecular complexity index is 667. The highest BCUT2D eigenvalue weighted by Gasteiger charge is 2.22. The van der Waals surface area contributed by atoms with Crippen molar-refractivity contribution in [2.24, 2.45) is 0 Å². The molecule has 2 aromatic rings. The first-order chi connectivity index (χ1) is 10.6. The number of amides is 1. The lowest BCUT2D eigenvalue weighted by Gasteiger charge is -2.28. The molecule has 0 radical (unpaired) electrons. The van der Waals surface area contributed by atoms with Gasteiger partial charge in [0, 0.05) is 19.1 Å². The summed E-state index contributed by atoms with van der Waals surface area (Å²) < 4.78 is 0. The van der Waals surface area contributed by atoms with E-state index in [9.17, 15) is 4.79 Å². The Morgan fingerprint density at radius 2 is 1.95 bits per heavy atom. The predicted molar refractivity (Wildman–Crippen MR) is 85.7 cm³/mol. The lowest BCUT2D eigenvalue weighted by molar-refractivity contribution is 0.0728. The Labute approximate surface area is 130 Å². The number of aromatic nitrogens is 2. The molecule has 0 saturated carbocycles. The molecule has 0 unspecified atom stereocenters. The number of nitrogens with one attached hydrogen (secondary N) is 1. The van der Waals surface area contributed by atoms with Gasteiger partial charge < -0.3 is 10.2 Å². The van der Waals surface area contributed by atoms with Gasteiger partial charge in [-0.3, -0.25) is 4.79 Å². The standard InChI is InChI=1S/C17H20N4O/c1-12(2)20-16-10-18-15(9-19-16)17(22)21-8-7-13-5-3-4-6-14(13)11-21/h3-6,9-10,12H,7-8,11H2,1-2H3,(H,19,20). The molecule has 1 amide bonds. The molecule has 0 bridgehead atoms. The van der Waals surface area contributed by atoms with E-state index < -0.39 is 0 Å². The second-order valence-electron chi connectivity index (χ2n) is 5.83. The smallest absolute Gasteiger partial charge is 0.274 e. The maximum absolute atomic E-state index is 12.5. The average Bonchev–Trinajstić information content (AvgIpc) is 2.54. The molecule has 114 valence electrons. The summed E-state index contributed by atoms with van der Waals surface area (Å²) in [4.78, 5) is 22.9. The van der Waals surface area contributed by atoms with Crippen molar-refractivity contribution >= 4 is 11.7 Å². The van der Waals surface area contributed by atoms with Crippen molar-refractivity contribution in [2.45, 2.75) is 32.9 Å². The average molecular weight is 296 g/mol. The Kier molecular flexibility index (Phi) is 4.04. The van der Waals surface area contributed by atoms with E-state index in [1.165, 1.54) is 11.1 Å². The lowest BCUT2D eigenvalue weighted by atomic mass is 10.00. The molecule has 0 atom stereocenters. The molecule has 1 aromatic heterocycles. The van der Waals surface area contributed by atoms with Gasteiger partial charge in [0.15, 0.2) is 0 Å². The van der Waals surface area contributed by atoms with Crippen LogP contribution in [-0.2, 0) is 13.0 Å². The molecule has 5 heteroatoms. The van der Waals surface area contributed by atoms with E-state index in [0.29, 0.717) is 18.1 Å². The van der Waals surface area contributed by atoms with E-state index in [1.807, 2.05) is 30.9 Å². The van der Waals surface area contributed by atoms with E-state index in [0.717, 1.165) is 13.0 Å². The summed E-state index contributed by atoms with van der Waals surface area (Å²) in [6, 6.07) is 8.55. The van der Waals surface area contributed by atoms with Crippen LogP contribution in [0.4, 0.5) is 5.82 Å². The minimum absolute atomic E-state index is 0.0573. The van der Waals surface area contributed by atoms with Crippen molar-refractivity contribution in [3.8, 4) is 0 Å². The molecule has 3 rings (SSSR count). The van der Waals surface area contributed by atoms with Gasteiger partial charge in [0.2, 0.25) is 0 Å². The van der Waals surface area contributed by atoms with Crippen LogP contribution in [0.15, 0.2) is 36.7 Å². The largest absolute Gasteiger partial charge is 0.367 e. The molecule has 1 aromatic carbocycles. The second-order valence-corrected chi connectivity index (χ2v) is 5.83. The number of carbonyl (C=O) groups excluding carboxylic acids is 1. The van der Waals surface area contributed by atoms with E-state index in [-0.39, 0.29) is 11.9 Å². The van der Waals surface area contributed by atoms with E-state index >= 15 is 0 Å². The van der Waals surface area contributed by atoms with Gasteiger partial charge in [0.25, 0.3) is 5.91 Å². The maximum Gasteiger partial charge on any atom is 0.274 e. The fourth-order valence-corrected chi connectivity index (χ4v) is 2.64. The van der Waals surface area contributed by atoms with Crippen LogP contribution >= 0.6 is 0 Å². The van der Waals surface area contributed by atoms with Crippen molar-refractivity contribution in [3.63, 3.8) is 0 Å². The van der Waals surface area contributed by atoms with Crippen LogP contribution in [0.2, 0.25) is 0 Å². The summed E-state index contributed by atoms with van der Waals surface area (Å²) in [7, 11) is 0.